The molecule has 1 saturated heterocycles. The van der Waals surface area contributed by atoms with E-state index in [1.807, 2.05) is 28.8 Å². The van der Waals surface area contributed by atoms with Gasteiger partial charge in [0, 0.05) is 35.5 Å². The van der Waals surface area contributed by atoms with Crippen molar-refractivity contribution in [3.05, 3.63) is 47.8 Å². The molecule has 0 aliphatic carbocycles. The molecule has 0 unspecified atom stereocenters. The molecule has 0 spiro atoms. The number of hydrogen-bond donors (Lipinski definition) is 0. The van der Waals surface area contributed by atoms with Gasteiger partial charge in [-0.3, -0.25) is 4.79 Å². The first kappa shape index (κ1) is 12.5. The molecule has 3 rings (SSSR count). The van der Waals surface area contributed by atoms with E-state index in [0.29, 0.717) is 16.3 Å². The third-order valence-corrected chi connectivity index (χ3v) is 4.34. The van der Waals surface area contributed by atoms with Crippen LogP contribution in [0.3, 0.4) is 0 Å². The first-order valence-corrected chi connectivity index (χ1v) is 7.47. The summed E-state index contributed by atoms with van der Waals surface area (Å²) in [6.45, 7) is 1.55. The van der Waals surface area contributed by atoms with Crippen LogP contribution in [-0.2, 0) is 0 Å². The number of halogens is 1. The maximum atomic E-state index is 13.7. The molecule has 0 saturated carbocycles. The lowest BCUT2D eigenvalue weighted by atomic mass is 10.0. The molecular formula is C15H14FNOS. The predicted molar refractivity (Wildman–Crippen MR) is 77.1 cm³/mol. The maximum absolute atomic E-state index is 13.7. The van der Waals surface area contributed by atoms with Gasteiger partial charge in [-0.2, -0.15) is 11.8 Å². The zero-order valence-corrected chi connectivity index (χ0v) is 11.3. The van der Waals surface area contributed by atoms with Crippen LogP contribution >= 0.6 is 11.8 Å². The highest BCUT2D eigenvalue weighted by Crippen LogP contribution is 2.24. The summed E-state index contributed by atoms with van der Waals surface area (Å²) in [6, 6.07) is 10.1. The summed E-state index contributed by atoms with van der Waals surface area (Å²) in [5.74, 6) is 1.69. The van der Waals surface area contributed by atoms with Gasteiger partial charge in [-0.15, -0.1) is 0 Å². The van der Waals surface area contributed by atoms with Gasteiger partial charge in [0.25, 0.3) is 5.91 Å². The smallest absolute Gasteiger partial charge is 0.254 e. The molecule has 0 bridgehead atoms. The number of benzene rings is 2. The average Bonchev–Trinajstić information content (AvgIpc) is 2.48. The van der Waals surface area contributed by atoms with Gasteiger partial charge in [-0.05, 0) is 17.5 Å². The van der Waals surface area contributed by atoms with Gasteiger partial charge in [0.15, 0.2) is 0 Å². The van der Waals surface area contributed by atoms with Crippen molar-refractivity contribution in [1.29, 1.82) is 0 Å². The lowest BCUT2D eigenvalue weighted by molar-refractivity contribution is 0.0774. The quantitative estimate of drug-likeness (QED) is 0.796. The third-order valence-electron chi connectivity index (χ3n) is 3.40. The highest BCUT2D eigenvalue weighted by Gasteiger charge is 2.20. The standard InChI is InChI=1S/C15H14FNOS/c16-14-6-5-13(11-3-1-2-4-12(11)14)15(18)17-7-9-19-10-8-17/h1-6H,7-10H2. The van der Waals surface area contributed by atoms with Gasteiger partial charge in [-0.1, -0.05) is 24.3 Å². The molecule has 1 fully saturated rings. The van der Waals surface area contributed by atoms with E-state index in [-0.39, 0.29) is 11.7 Å². The van der Waals surface area contributed by atoms with Crippen LogP contribution in [0.5, 0.6) is 0 Å². The van der Waals surface area contributed by atoms with Crippen LogP contribution in [0.15, 0.2) is 36.4 Å². The number of rotatable bonds is 1. The number of nitrogens with zero attached hydrogens (tertiary/aromatic N) is 1. The second-order valence-electron chi connectivity index (χ2n) is 4.55. The number of thioether (sulfide) groups is 1. The van der Waals surface area contributed by atoms with Gasteiger partial charge in [0.05, 0.1) is 0 Å². The summed E-state index contributed by atoms with van der Waals surface area (Å²) in [5, 5.41) is 1.21. The molecule has 4 heteroatoms. The molecule has 1 amide bonds. The van der Waals surface area contributed by atoms with Crippen molar-refractivity contribution >= 4 is 28.4 Å². The molecule has 2 aromatic rings. The maximum Gasteiger partial charge on any atom is 0.254 e. The van der Waals surface area contributed by atoms with Gasteiger partial charge >= 0.3 is 0 Å². The van der Waals surface area contributed by atoms with E-state index in [2.05, 4.69) is 0 Å². The highest BCUT2D eigenvalue weighted by molar-refractivity contribution is 7.99. The number of carbonyl (C=O) groups is 1. The summed E-state index contributed by atoms with van der Waals surface area (Å²) < 4.78 is 13.7. The lowest BCUT2D eigenvalue weighted by Gasteiger charge is -2.27. The Morgan fingerprint density at radius 3 is 2.47 bits per heavy atom. The van der Waals surface area contributed by atoms with Crippen molar-refractivity contribution in [3.8, 4) is 0 Å². The summed E-state index contributed by atoms with van der Waals surface area (Å²) in [6.07, 6.45) is 0. The fraction of sp³-hybridized carbons (Fsp3) is 0.267. The Kier molecular flexibility index (Phi) is 3.42. The van der Waals surface area contributed by atoms with Crippen molar-refractivity contribution in [2.24, 2.45) is 0 Å². The van der Waals surface area contributed by atoms with Crippen LogP contribution in [0.1, 0.15) is 10.4 Å². The SMILES string of the molecule is O=C(c1ccc(F)c2ccccc12)N1CCSCC1. The molecule has 1 aliphatic heterocycles. The van der Waals surface area contributed by atoms with Crippen molar-refractivity contribution in [2.45, 2.75) is 0 Å². The van der Waals surface area contributed by atoms with E-state index in [1.54, 1.807) is 18.2 Å². The second-order valence-corrected chi connectivity index (χ2v) is 5.77. The number of hydrogen-bond acceptors (Lipinski definition) is 2. The first-order valence-electron chi connectivity index (χ1n) is 6.31. The lowest BCUT2D eigenvalue weighted by Crippen LogP contribution is -2.38. The summed E-state index contributed by atoms with van der Waals surface area (Å²) in [7, 11) is 0. The molecular weight excluding hydrogens is 261 g/mol. The van der Waals surface area contributed by atoms with E-state index in [4.69, 9.17) is 0 Å². The van der Waals surface area contributed by atoms with E-state index in [0.717, 1.165) is 24.6 Å². The second kappa shape index (κ2) is 5.21. The van der Waals surface area contributed by atoms with Crippen LogP contribution in [0.2, 0.25) is 0 Å². The van der Waals surface area contributed by atoms with Crippen LogP contribution in [0.4, 0.5) is 4.39 Å². The zero-order valence-electron chi connectivity index (χ0n) is 10.4. The molecule has 0 atom stereocenters. The van der Waals surface area contributed by atoms with Crippen LogP contribution < -0.4 is 0 Å². The van der Waals surface area contributed by atoms with Crippen LogP contribution in [0, 0.1) is 5.82 Å². The molecule has 1 heterocycles. The van der Waals surface area contributed by atoms with Gasteiger partial charge in [-0.25, -0.2) is 4.39 Å². The largest absolute Gasteiger partial charge is 0.337 e. The van der Waals surface area contributed by atoms with Crippen LogP contribution in [0.25, 0.3) is 10.8 Å². The van der Waals surface area contributed by atoms with E-state index in [9.17, 15) is 9.18 Å². The fourth-order valence-corrected chi connectivity index (χ4v) is 3.29. The highest BCUT2D eigenvalue weighted by atomic mass is 32.2. The first-order chi connectivity index (χ1) is 9.27. The molecule has 0 aromatic heterocycles. The predicted octanol–water partition coefficient (Wildman–Crippen LogP) is 3.17. The van der Waals surface area contributed by atoms with Gasteiger partial charge in [0.2, 0.25) is 0 Å². The van der Waals surface area contributed by atoms with Crippen molar-refractivity contribution < 1.29 is 9.18 Å². The Balaban J connectivity index is 2.05. The van der Waals surface area contributed by atoms with E-state index < -0.39 is 0 Å². The Bertz CT molecular complexity index is 623. The van der Waals surface area contributed by atoms with Gasteiger partial charge < -0.3 is 4.90 Å². The Morgan fingerprint density at radius 2 is 1.74 bits per heavy atom. The minimum Gasteiger partial charge on any atom is -0.337 e. The molecule has 0 radical (unpaired) electrons. The Morgan fingerprint density at radius 1 is 1.05 bits per heavy atom. The Hall–Kier alpha value is -1.55. The molecule has 1 aliphatic rings. The molecule has 2 aromatic carbocycles. The summed E-state index contributed by atoms with van der Waals surface area (Å²) in [4.78, 5) is 14.4. The van der Waals surface area contributed by atoms with E-state index >= 15 is 0 Å². The molecule has 0 N–H and O–H groups in total. The molecule has 19 heavy (non-hydrogen) atoms. The van der Waals surface area contributed by atoms with Crippen molar-refractivity contribution in [2.75, 3.05) is 24.6 Å². The molecule has 98 valence electrons. The summed E-state index contributed by atoms with van der Waals surface area (Å²) >= 11 is 1.86. The monoisotopic (exact) mass is 275 g/mol. The van der Waals surface area contributed by atoms with E-state index in [1.165, 1.54) is 6.07 Å². The van der Waals surface area contributed by atoms with Crippen LogP contribution in [-0.4, -0.2) is 35.4 Å². The fourth-order valence-electron chi connectivity index (χ4n) is 2.39. The zero-order chi connectivity index (χ0) is 13.2. The summed E-state index contributed by atoms with van der Waals surface area (Å²) in [5.41, 5.74) is 0.601. The van der Waals surface area contributed by atoms with Crippen molar-refractivity contribution in [1.82, 2.24) is 4.90 Å². The topological polar surface area (TPSA) is 20.3 Å². The third kappa shape index (κ3) is 2.32. The minimum atomic E-state index is -0.277. The average molecular weight is 275 g/mol. The number of amides is 1. The number of fused-ring (bicyclic) bond motifs is 1. The normalized spacial score (nSPS) is 15.7. The van der Waals surface area contributed by atoms with Gasteiger partial charge in [0.1, 0.15) is 5.82 Å². The number of carbonyl (C=O) groups excluding carboxylic acids is 1. The minimum absolute atomic E-state index is 0.0106. The molecule has 2 nitrogen and oxygen atoms in total. The van der Waals surface area contributed by atoms with Crippen molar-refractivity contribution in [3.63, 3.8) is 0 Å². The Labute approximate surface area is 115 Å².